The van der Waals surface area contributed by atoms with E-state index in [1.807, 2.05) is 0 Å². The maximum absolute atomic E-state index is 6.24. The second-order valence-corrected chi connectivity index (χ2v) is 4.92. The second-order valence-electron chi connectivity index (χ2n) is 4.92. The summed E-state index contributed by atoms with van der Waals surface area (Å²) in [5, 5.41) is 0. The maximum Gasteiger partial charge on any atom is 0.0316 e. The Balaban J connectivity index is 2.03. The Morgan fingerprint density at radius 1 is 1.00 bits per heavy atom. The van der Waals surface area contributed by atoms with Crippen LogP contribution in [0, 0.1) is 17.8 Å². The Kier molecular flexibility index (Phi) is 0.961. The molecule has 4 N–H and O–H groups in total. The molecule has 4 aliphatic carbocycles. The second kappa shape index (κ2) is 1.64. The van der Waals surface area contributed by atoms with E-state index in [0.717, 1.165) is 17.8 Å². The van der Waals surface area contributed by atoms with Crippen LogP contribution >= 0.6 is 0 Å². The summed E-state index contributed by atoms with van der Waals surface area (Å²) in [6.07, 6.45) is 5.19. The molecule has 0 amide bonds. The minimum absolute atomic E-state index is 0.0521. The molecule has 2 heteroatoms. The molecule has 3 atom stereocenters. The molecule has 4 saturated carbocycles. The summed E-state index contributed by atoms with van der Waals surface area (Å²) >= 11 is 0. The van der Waals surface area contributed by atoms with E-state index in [4.69, 9.17) is 11.5 Å². The summed E-state index contributed by atoms with van der Waals surface area (Å²) in [4.78, 5) is 0. The summed E-state index contributed by atoms with van der Waals surface area (Å²) in [6.45, 7) is 0. The van der Waals surface area contributed by atoms with Crippen LogP contribution in [0.5, 0.6) is 0 Å². The fourth-order valence-electron chi connectivity index (χ4n) is 3.85. The van der Waals surface area contributed by atoms with Crippen molar-refractivity contribution in [2.24, 2.45) is 29.2 Å². The smallest absolute Gasteiger partial charge is 0.0316 e. The molecule has 11 heavy (non-hydrogen) atoms. The molecule has 3 unspecified atom stereocenters. The van der Waals surface area contributed by atoms with Gasteiger partial charge in [0.2, 0.25) is 0 Å². The summed E-state index contributed by atoms with van der Waals surface area (Å²) in [5.41, 5.74) is 12.4. The number of hydrogen-bond acceptors (Lipinski definition) is 2. The predicted octanol–water partition coefficient (Wildman–Crippen LogP) is 0.461. The summed E-state index contributed by atoms with van der Waals surface area (Å²) < 4.78 is 0. The van der Waals surface area contributed by atoms with Gasteiger partial charge in [0, 0.05) is 11.6 Å². The highest BCUT2D eigenvalue weighted by Gasteiger charge is 2.58. The predicted molar refractivity (Wildman–Crippen MR) is 43.8 cm³/mol. The summed E-state index contributed by atoms with van der Waals surface area (Å²) in [5.74, 6) is 2.67. The first-order valence-electron chi connectivity index (χ1n) is 4.73. The lowest BCUT2D eigenvalue weighted by Gasteiger charge is -2.41. The lowest BCUT2D eigenvalue weighted by molar-refractivity contribution is 0.189. The third-order valence-corrected chi connectivity index (χ3v) is 4.33. The van der Waals surface area contributed by atoms with Crippen molar-refractivity contribution in [2.45, 2.75) is 37.3 Å². The minimum atomic E-state index is 0.0521. The molecule has 0 aromatic carbocycles. The van der Waals surface area contributed by atoms with E-state index in [2.05, 4.69) is 0 Å². The van der Waals surface area contributed by atoms with Crippen LogP contribution in [0.4, 0.5) is 0 Å². The van der Waals surface area contributed by atoms with Crippen molar-refractivity contribution >= 4 is 0 Å². The fraction of sp³-hybridized carbons (Fsp3) is 1.00. The molecule has 4 rings (SSSR count). The van der Waals surface area contributed by atoms with Crippen molar-refractivity contribution in [1.29, 1.82) is 0 Å². The van der Waals surface area contributed by atoms with Gasteiger partial charge >= 0.3 is 0 Å². The molecule has 0 aliphatic heterocycles. The van der Waals surface area contributed by atoms with Gasteiger partial charge in [0.1, 0.15) is 0 Å². The zero-order valence-electron chi connectivity index (χ0n) is 6.79. The van der Waals surface area contributed by atoms with Crippen LogP contribution in [0.3, 0.4) is 0 Å². The SMILES string of the molecule is NC1C2CC3CC1(N)CC3C2. The van der Waals surface area contributed by atoms with Gasteiger partial charge < -0.3 is 11.5 Å². The van der Waals surface area contributed by atoms with E-state index in [-0.39, 0.29) is 5.54 Å². The summed E-state index contributed by atoms with van der Waals surface area (Å²) in [7, 11) is 0. The molecule has 62 valence electrons. The molecule has 0 radical (unpaired) electrons. The van der Waals surface area contributed by atoms with Gasteiger partial charge in [-0.1, -0.05) is 0 Å². The highest BCUT2D eigenvalue weighted by molar-refractivity contribution is 5.15. The maximum atomic E-state index is 6.24. The van der Waals surface area contributed by atoms with Crippen LogP contribution in [0.25, 0.3) is 0 Å². The van der Waals surface area contributed by atoms with Gasteiger partial charge in [0.15, 0.2) is 0 Å². The standard InChI is InChI=1S/C9H16N2/c10-8-5-1-6-3-9(8,11)4-7(6)2-5/h5-8H,1-4,10-11H2. The van der Waals surface area contributed by atoms with Gasteiger partial charge in [0.05, 0.1) is 0 Å². The van der Waals surface area contributed by atoms with E-state index in [0.29, 0.717) is 6.04 Å². The van der Waals surface area contributed by atoms with Crippen molar-refractivity contribution in [2.75, 3.05) is 0 Å². The number of hydrogen-bond donors (Lipinski definition) is 2. The van der Waals surface area contributed by atoms with Gasteiger partial charge in [-0.15, -0.1) is 0 Å². The van der Waals surface area contributed by atoms with Crippen LogP contribution in [-0.4, -0.2) is 11.6 Å². The van der Waals surface area contributed by atoms with Gasteiger partial charge in [-0.3, -0.25) is 0 Å². The Labute approximate surface area is 67.3 Å². The largest absolute Gasteiger partial charge is 0.326 e. The number of rotatable bonds is 0. The lowest BCUT2D eigenvalue weighted by atomic mass is 9.72. The van der Waals surface area contributed by atoms with E-state index in [9.17, 15) is 0 Å². The normalized spacial score (nSPS) is 66.0. The average molecular weight is 152 g/mol. The molecule has 2 nitrogen and oxygen atoms in total. The van der Waals surface area contributed by atoms with Crippen molar-refractivity contribution < 1.29 is 0 Å². The van der Waals surface area contributed by atoms with E-state index in [1.54, 1.807) is 0 Å². The monoisotopic (exact) mass is 152 g/mol. The zero-order valence-corrected chi connectivity index (χ0v) is 6.79. The van der Waals surface area contributed by atoms with Gasteiger partial charge in [0.25, 0.3) is 0 Å². The third-order valence-electron chi connectivity index (χ3n) is 4.33. The van der Waals surface area contributed by atoms with Crippen LogP contribution < -0.4 is 11.5 Å². The molecular weight excluding hydrogens is 136 g/mol. The fourth-order valence-corrected chi connectivity index (χ4v) is 3.85. The molecule has 0 spiro atoms. The van der Waals surface area contributed by atoms with Gasteiger partial charge in [-0.25, -0.2) is 0 Å². The minimum Gasteiger partial charge on any atom is -0.326 e. The molecule has 0 aromatic heterocycles. The van der Waals surface area contributed by atoms with Crippen LogP contribution in [0.1, 0.15) is 25.7 Å². The molecular formula is C9H16N2. The number of nitrogens with two attached hydrogens (primary N) is 2. The van der Waals surface area contributed by atoms with Crippen molar-refractivity contribution in [3.05, 3.63) is 0 Å². The van der Waals surface area contributed by atoms with Crippen LogP contribution in [-0.2, 0) is 0 Å². The van der Waals surface area contributed by atoms with Gasteiger partial charge in [-0.05, 0) is 43.4 Å². The van der Waals surface area contributed by atoms with Crippen LogP contribution in [0.15, 0.2) is 0 Å². The summed E-state index contributed by atoms with van der Waals surface area (Å²) in [6, 6.07) is 0.317. The topological polar surface area (TPSA) is 52.0 Å². The first kappa shape index (κ1) is 6.44. The van der Waals surface area contributed by atoms with E-state index in [1.165, 1.54) is 25.7 Å². The van der Waals surface area contributed by atoms with Crippen molar-refractivity contribution in [1.82, 2.24) is 0 Å². The first-order chi connectivity index (χ1) is 5.19. The quantitative estimate of drug-likeness (QED) is 0.530. The van der Waals surface area contributed by atoms with Crippen molar-refractivity contribution in [3.8, 4) is 0 Å². The Bertz CT molecular complexity index is 188. The molecule has 0 aromatic rings. The lowest BCUT2D eigenvalue weighted by Crippen LogP contribution is -2.59. The molecule has 4 fully saturated rings. The Morgan fingerprint density at radius 3 is 2.00 bits per heavy atom. The highest BCUT2D eigenvalue weighted by atomic mass is 14.9. The van der Waals surface area contributed by atoms with Crippen molar-refractivity contribution in [3.63, 3.8) is 0 Å². The third kappa shape index (κ3) is 0.611. The zero-order chi connectivity index (χ0) is 7.64. The first-order valence-corrected chi connectivity index (χ1v) is 4.73. The Hall–Kier alpha value is -0.0800. The van der Waals surface area contributed by atoms with Crippen LogP contribution in [0.2, 0.25) is 0 Å². The highest BCUT2D eigenvalue weighted by Crippen LogP contribution is 2.58. The Morgan fingerprint density at radius 2 is 1.55 bits per heavy atom. The average Bonchev–Trinajstić information content (AvgIpc) is 2.35. The molecule has 0 saturated heterocycles. The van der Waals surface area contributed by atoms with Gasteiger partial charge in [-0.2, -0.15) is 0 Å². The van der Waals surface area contributed by atoms with E-state index >= 15 is 0 Å². The molecule has 0 heterocycles. The van der Waals surface area contributed by atoms with E-state index < -0.39 is 0 Å². The molecule has 4 aliphatic rings. The molecule has 4 bridgehead atoms.